The van der Waals surface area contributed by atoms with Crippen LogP contribution in [0.2, 0.25) is 0 Å². The standard InChI is InChI=1S/C18H29N5O/c1-16(21-8-3-2-4-9-21)14-20-18(24)23-12-10-22(11-13-23)17-6-5-7-19-15-17/h5-7,15-16H,2-4,8-14H2,1H3,(H,20,24)/t16-/m1/s1. The summed E-state index contributed by atoms with van der Waals surface area (Å²) >= 11 is 0. The van der Waals surface area contributed by atoms with Gasteiger partial charge in [0.05, 0.1) is 11.9 Å². The van der Waals surface area contributed by atoms with E-state index in [1.807, 2.05) is 17.2 Å². The van der Waals surface area contributed by atoms with Crippen molar-refractivity contribution in [2.75, 3.05) is 50.7 Å². The van der Waals surface area contributed by atoms with Gasteiger partial charge in [0.2, 0.25) is 0 Å². The predicted octanol–water partition coefficient (Wildman–Crippen LogP) is 1.79. The fourth-order valence-corrected chi connectivity index (χ4v) is 3.54. The van der Waals surface area contributed by atoms with Crippen molar-refractivity contribution >= 4 is 11.7 Å². The van der Waals surface area contributed by atoms with Crippen molar-refractivity contribution in [3.8, 4) is 0 Å². The molecule has 6 nitrogen and oxygen atoms in total. The van der Waals surface area contributed by atoms with Crippen molar-refractivity contribution in [1.29, 1.82) is 0 Å². The molecule has 1 aromatic rings. The molecular formula is C18H29N5O. The SMILES string of the molecule is C[C@H](CNC(=O)N1CCN(c2cccnc2)CC1)N1CCCCC1. The first-order valence-corrected chi connectivity index (χ1v) is 9.16. The number of hydrogen-bond donors (Lipinski definition) is 1. The highest BCUT2D eigenvalue weighted by Crippen LogP contribution is 2.14. The van der Waals surface area contributed by atoms with E-state index in [2.05, 4.69) is 33.1 Å². The summed E-state index contributed by atoms with van der Waals surface area (Å²) in [5, 5.41) is 3.12. The minimum Gasteiger partial charge on any atom is -0.367 e. The van der Waals surface area contributed by atoms with Crippen LogP contribution in [0.15, 0.2) is 24.5 Å². The van der Waals surface area contributed by atoms with Gasteiger partial charge in [0.25, 0.3) is 0 Å². The zero-order chi connectivity index (χ0) is 16.8. The first-order valence-electron chi connectivity index (χ1n) is 9.16. The number of pyridine rings is 1. The van der Waals surface area contributed by atoms with Gasteiger partial charge in [-0.15, -0.1) is 0 Å². The number of nitrogens with one attached hydrogen (secondary N) is 1. The Morgan fingerprint density at radius 3 is 2.58 bits per heavy atom. The minimum absolute atomic E-state index is 0.0738. The van der Waals surface area contributed by atoms with Crippen molar-refractivity contribution in [3.05, 3.63) is 24.5 Å². The molecule has 2 aliphatic rings. The normalized spacial score (nSPS) is 20.7. The molecule has 0 radical (unpaired) electrons. The van der Waals surface area contributed by atoms with Crippen LogP contribution in [0.3, 0.4) is 0 Å². The van der Waals surface area contributed by atoms with Crippen LogP contribution >= 0.6 is 0 Å². The fourth-order valence-electron chi connectivity index (χ4n) is 3.54. The second kappa shape index (κ2) is 8.33. The van der Waals surface area contributed by atoms with Gasteiger partial charge in [-0.1, -0.05) is 6.42 Å². The van der Waals surface area contributed by atoms with Gasteiger partial charge in [0.15, 0.2) is 0 Å². The monoisotopic (exact) mass is 331 g/mol. The number of anilines is 1. The van der Waals surface area contributed by atoms with Crippen LogP contribution in [0.4, 0.5) is 10.5 Å². The molecule has 0 unspecified atom stereocenters. The second-order valence-electron chi connectivity index (χ2n) is 6.82. The Hall–Kier alpha value is -1.82. The van der Waals surface area contributed by atoms with Crippen LogP contribution in [0, 0.1) is 0 Å². The highest BCUT2D eigenvalue weighted by atomic mass is 16.2. The van der Waals surface area contributed by atoms with E-state index in [1.54, 1.807) is 6.20 Å². The number of hydrogen-bond acceptors (Lipinski definition) is 4. The van der Waals surface area contributed by atoms with Gasteiger partial charge in [-0.25, -0.2) is 4.79 Å². The summed E-state index contributed by atoms with van der Waals surface area (Å²) in [6.07, 6.45) is 7.59. The Morgan fingerprint density at radius 2 is 1.92 bits per heavy atom. The van der Waals surface area contributed by atoms with Gasteiger partial charge < -0.3 is 15.1 Å². The van der Waals surface area contributed by atoms with E-state index in [0.29, 0.717) is 6.04 Å². The molecule has 0 aliphatic carbocycles. The summed E-state index contributed by atoms with van der Waals surface area (Å²) in [7, 11) is 0. The molecule has 1 aromatic heterocycles. The van der Waals surface area contributed by atoms with E-state index in [-0.39, 0.29) is 6.03 Å². The summed E-state index contributed by atoms with van der Waals surface area (Å²) in [4.78, 5) is 23.3. The number of aromatic nitrogens is 1. The van der Waals surface area contributed by atoms with Gasteiger partial charge in [0.1, 0.15) is 0 Å². The van der Waals surface area contributed by atoms with Crippen LogP contribution in [0.25, 0.3) is 0 Å². The maximum absolute atomic E-state index is 12.4. The van der Waals surface area contributed by atoms with Gasteiger partial charge in [-0.3, -0.25) is 9.88 Å². The molecule has 0 bridgehead atoms. The predicted molar refractivity (Wildman–Crippen MR) is 96.3 cm³/mol. The molecular weight excluding hydrogens is 302 g/mol. The number of nitrogens with zero attached hydrogens (tertiary/aromatic N) is 4. The van der Waals surface area contributed by atoms with Crippen LogP contribution in [0.5, 0.6) is 0 Å². The van der Waals surface area contributed by atoms with Crippen LogP contribution in [0.1, 0.15) is 26.2 Å². The number of likely N-dealkylation sites (tertiary alicyclic amines) is 1. The summed E-state index contributed by atoms with van der Waals surface area (Å²) in [5.41, 5.74) is 1.14. The first-order chi connectivity index (χ1) is 11.7. The van der Waals surface area contributed by atoms with Crippen molar-refractivity contribution in [3.63, 3.8) is 0 Å². The lowest BCUT2D eigenvalue weighted by Crippen LogP contribution is -2.53. The molecule has 3 rings (SSSR count). The Kier molecular flexibility index (Phi) is 5.91. The zero-order valence-corrected chi connectivity index (χ0v) is 14.7. The molecule has 2 saturated heterocycles. The molecule has 2 fully saturated rings. The maximum Gasteiger partial charge on any atom is 0.317 e. The third kappa shape index (κ3) is 4.38. The average Bonchev–Trinajstić information content (AvgIpc) is 2.67. The molecule has 6 heteroatoms. The molecule has 1 N–H and O–H groups in total. The van der Waals surface area contributed by atoms with E-state index in [4.69, 9.17) is 0 Å². The van der Waals surface area contributed by atoms with E-state index in [9.17, 15) is 4.79 Å². The molecule has 1 atom stereocenters. The van der Waals surface area contributed by atoms with Crippen molar-refractivity contribution in [1.82, 2.24) is 20.1 Å². The lowest BCUT2D eigenvalue weighted by molar-refractivity contribution is 0.162. The number of amides is 2. The topological polar surface area (TPSA) is 51.7 Å². The molecule has 0 saturated carbocycles. The Morgan fingerprint density at radius 1 is 1.17 bits per heavy atom. The summed E-state index contributed by atoms with van der Waals surface area (Å²) in [6.45, 7) is 8.54. The zero-order valence-electron chi connectivity index (χ0n) is 14.7. The number of carbonyl (C=O) groups is 1. The third-order valence-corrected chi connectivity index (χ3v) is 5.14. The van der Waals surface area contributed by atoms with E-state index in [0.717, 1.165) is 38.4 Å². The lowest BCUT2D eigenvalue weighted by Gasteiger charge is -2.37. The number of piperidine rings is 1. The molecule has 2 amide bonds. The highest BCUT2D eigenvalue weighted by Gasteiger charge is 2.22. The maximum atomic E-state index is 12.4. The number of carbonyl (C=O) groups excluding carboxylic acids is 1. The van der Waals surface area contributed by atoms with E-state index < -0.39 is 0 Å². The van der Waals surface area contributed by atoms with Crippen LogP contribution in [-0.2, 0) is 0 Å². The van der Waals surface area contributed by atoms with Crippen LogP contribution < -0.4 is 10.2 Å². The fraction of sp³-hybridized carbons (Fsp3) is 0.667. The summed E-state index contributed by atoms with van der Waals surface area (Å²) < 4.78 is 0. The Balaban J connectivity index is 1.40. The van der Waals surface area contributed by atoms with Crippen molar-refractivity contribution < 1.29 is 4.79 Å². The highest BCUT2D eigenvalue weighted by molar-refractivity contribution is 5.74. The second-order valence-corrected chi connectivity index (χ2v) is 6.82. The minimum atomic E-state index is 0.0738. The molecule has 0 spiro atoms. The van der Waals surface area contributed by atoms with Crippen LogP contribution in [-0.4, -0.2) is 72.7 Å². The Bertz CT molecular complexity index is 509. The number of urea groups is 1. The van der Waals surface area contributed by atoms with Crippen molar-refractivity contribution in [2.45, 2.75) is 32.2 Å². The molecule has 2 aliphatic heterocycles. The van der Waals surface area contributed by atoms with Gasteiger partial charge in [-0.05, 0) is 45.0 Å². The smallest absolute Gasteiger partial charge is 0.317 e. The molecule has 3 heterocycles. The number of rotatable bonds is 4. The summed E-state index contributed by atoms with van der Waals surface area (Å²) in [6, 6.07) is 4.52. The van der Waals surface area contributed by atoms with E-state index >= 15 is 0 Å². The third-order valence-electron chi connectivity index (χ3n) is 5.14. The quantitative estimate of drug-likeness (QED) is 0.914. The largest absolute Gasteiger partial charge is 0.367 e. The molecule has 24 heavy (non-hydrogen) atoms. The Labute approximate surface area is 144 Å². The number of piperazine rings is 1. The van der Waals surface area contributed by atoms with Gasteiger partial charge in [-0.2, -0.15) is 0 Å². The van der Waals surface area contributed by atoms with Gasteiger partial charge >= 0.3 is 6.03 Å². The van der Waals surface area contributed by atoms with Gasteiger partial charge in [0, 0.05) is 45.0 Å². The first kappa shape index (κ1) is 17.0. The van der Waals surface area contributed by atoms with E-state index in [1.165, 1.54) is 32.4 Å². The lowest BCUT2D eigenvalue weighted by atomic mass is 10.1. The molecule has 132 valence electrons. The summed E-state index contributed by atoms with van der Waals surface area (Å²) in [5.74, 6) is 0. The molecule has 0 aromatic carbocycles. The average molecular weight is 331 g/mol. The van der Waals surface area contributed by atoms with Crippen molar-refractivity contribution in [2.24, 2.45) is 0 Å².